The van der Waals surface area contributed by atoms with E-state index in [4.69, 9.17) is 0 Å². The van der Waals surface area contributed by atoms with Gasteiger partial charge in [0.15, 0.2) is 0 Å². The van der Waals surface area contributed by atoms with E-state index in [-0.39, 0.29) is 5.91 Å². The minimum Gasteiger partial charge on any atom is -0.342 e. The zero-order chi connectivity index (χ0) is 18.4. The second-order valence-corrected chi connectivity index (χ2v) is 7.72. The third-order valence-electron chi connectivity index (χ3n) is 4.93. The van der Waals surface area contributed by atoms with E-state index in [9.17, 15) is 4.79 Å². The second-order valence-electron chi connectivity index (χ2n) is 6.78. The molecule has 1 amide bonds. The SMILES string of the molecule is Cc1ccccc1/C=C/c1nc(SCC(=O)N(C)C2CCCCC2)n[nH]1. The van der Waals surface area contributed by atoms with Crippen molar-refractivity contribution in [3.8, 4) is 0 Å². The molecule has 0 atom stereocenters. The number of thioether (sulfide) groups is 1. The van der Waals surface area contributed by atoms with Crippen molar-refractivity contribution in [3.05, 3.63) is 41.2 Å². The maximum atomic E-state index is 12.4. The summed E-state index contributed by atoms with van der Waals surface area (Å²) in [6.07, 6.45) is 9.94. The lowest BCUT2D eigenvalue weighted by Gasteiger charge is -2.31. The van der Waals surface area contributed by atoms with Gasteiger partial charge in [-0.3, -0.25) is 9.89 Å². The summed E-state index contributed by atoms with van der Waals surface area (Å²) < 4.78 is 0. The normalized spacial score (nSPS) is 15.5. The van der Waals surface area contributed by atoms with Crippen molar-refractivity contribution in [2.24, 2.45) is 0 Å². The molecule has 2 aromatic rings. The van der Waals surface area contributed by atoms with Gasteiger partial charge in [0.1, 0.15) is 5.82 Å². The van der Waals surface area contributed by atoms with Crippen molar-refractivity contribution in [1.29, 1.82) is 0 Å². The van der Waals surface area contributed by atoms with E-state index in [1.54, 1.807) is 0 Å². The molecule has 1 aromatic carbocycles. The monoisotopic (exact) mass is 370 g/mol. The maximum absolute atomic E-state index is 12.4. The Balaban J connectivity index is 1.52. The molecule has 1 saturated carbocycles. The van der Waals surface area contributed by atoms with Gasteiger partial charge in [-0.15, -0.1) is 5.10 Å². The number of benzene rings is 1. The quantitative estimate of drug-likeness (QED) is 0.775. The highest BCUT2D eigenvalue weighted by Crippen LogP contribution is 2.23. The molecule has 5 nitrogen and oxygen atoms in total. The highest BCUT2D eigenvalue weighted by atomic mass is 32.2. The molecule has 1 fully saturated rings. The lowest BCUT2D eigenvalue weighted by atomic mass is 9.94. The summed E-state index contributed by atoms with van der Waals surface area (Å²) in [5, 5.41) is 7.73. The molecular formula is C20H26N4OS. The molecule has 0 unspecified atom stereocenters. The highest BCUT2D eigenvalue weighted by Gasteiger charge is 2.22. The third-order valence-corrected chi connectivity index (χ3v) is 5.76. The number of nitrogens with one attached hydrogen (secondary N) is 1. The molecule has 6 heteroatoms. The Morgan fingerprint density at radius 1 is 1.27 bits per heavy atom. The first-order chi connectivity index (χ1) is 12.6. The largest absolute Gasteiger partial charge is 0.342 e. The van der Waals surface area contributed by atoms with Crippen molar-refractivity contribution in [2.45, 2.75) is 50.2 Å². The van der Waals surface area contributed by atoms with Crippen LogP contribution in [0.2, 0.25) is 0 Å². The molecule has 0 spiro atoms. The number of hydrogen-bond donors (Lipinski definition) is 1. The molecule has 0 bridgehead atoms. The number of aromatic amines is 1. The van der Waals surface area contributed by atoms with Crippen LogP contribution < -0.4 is 0 Å². The van der Waals surface area contributed by atoms with E-state index in [2.05, 4.69) is 34.2 Å². The zero-order valence-electron chi connectivity index (χ0n) is 15.4. The van der Waals surface area contributed by atoms with Crippen LogP contribution in [0, 0.1) is 6.92 Å². The van der Waals surface area contributed by atoms with E-state index in [1.165, 1.54) is 36.6 Å². The average Bonchev–Trinajstić information content (AvgIpc) is 3.13. The van der Waals surface area contributed by atoms with Gasteiger partial charge in [0.05, 0.1) is 5.75 Å². The fraction of sp³-hybridized carbons (Fsp3) is 0.450. The van der Waals surface area contributed by atoms with Crippen LogP contribution in [-0.4, -0.2) is 44.8 Å². The molecule has 26 heavy (non-hydrogen) atoms. The average molecular weight is 371 g/mol. The van der Waals surface area contributed by atoms with Crippen molar-refractivity contribution in [1.82, 2.24) is 20.1 Å². The molecule has 0 aliphatic heterocycles. The molecule has 0 radical (unpaired) electrons. The summed E-state index contributed by atoms with van der Waals surface area (Å²) in [6.45, 7) is 2.08. The fourth-order valence-corrected chi connectivity index (χ4v) is 3.97. The van der Waals surface area contributed by atoms with Crippen LogP contribution in [0.5, 0.6) is 0 Å². The Kier molecular flexibility index (Phi) is 6.50. The summed E-state index contributed by atoms with van der Waals surface area (Å²) in [7, 11) is 1.92. The molecule has 1 heterocycles. The molecule has 138 valence electrons. The van der Waals surface area contributed by atoms with E-state index in [1.807, 2.05) is 36.2 Å². The number of rotatable bonds is 6. The minimum atomic E-state index is 0.156. The van der Waals surface area contributed by atoms with Crippen molar-refractivity contribution in [2.75, 3.05) is 12.8 Å². The van der Waals surface area contributed by atoms with Crippen LogP contribution in [0.3, 0.4) is 0 Å². The van der Waals surface area contributed by atoms with Crippen LogP contribution in [0.1, 0.15) is 49.1 Å². The summed E-state index contributed by atoms with van der Waals surface area (Å²) in [5.74, 6) is 1.23. The molecule has 1 aromatic heterocycles. The highest BCUT2D eigenvalue weighted by molar-refractivity contribution is 7.99. The van der Waals surface area contributed by atoms with Crippen molar-refractivity contribution in [3.63, 3.8) is 0 Å². The Labute approximate surface area is 159 Å². The van der Waals surface area contributed by atoms with Gasteiger partial charge in [0.25, 0.3) is 0 Å². The summed E-state index contributed by atoms with van der Waals surface area (Å²) in [6, 6.07) is 8.59. The molecule has 3 rings (SSSR count). The Bertz CT molecular complexity index is 765. The van der Waals surface area contributed by atoms with Crippen molar-refractivity contribution >= 4 is 29.8 Å². The van der Waals surface area contributed by atoms with E-state index < -0.39 is 0 Å². The Hall–Kier alpha value is -2.08. The van der Waals surface area contributed by atoms with E-state index in [0.717, 1.165) is 18.4 Å². The minimum absolute atomic E-state index is 0.156. The predicted molar refractivity (Wildman–Crippen MR) is 107 cm³/mol. The van der Waals surface area contributed by atoms with Gasteiger partial charge >= 0.3 is 0 Å². The molecule has 1 N–H and O–H groups in total. The number of nitrogens with zero attached hydrogens (tertiary/aromatic N) is 3. The summed E-state index contributed by atoms with van der Waals surface area (Å²) in [5.41, 5.74) is 2.37. The van der Waals surface area contributed by atoms with Gasteiger partial charge in [-0.1, -0.05) is 61.4 Å². The smallest absolute Gasteiger partial charge is 0.233 e. The lowest BCUT2D eigenvalue weighted by molar-refractivity contribution is -0.129. The number of aromatic nitrogens is 3. The van der Waals surface area contributed by atoms with Gasteiger partial charge in [-0.05, 0) is 37.0 Å². The Morgan fingerprint density at radius 3 is 2.81 bits per heavy atom. The number of H-pyrrole nitrogens is 1. The van der Waals surface area contributed by atoms with Gasteiger partial charge in [-0.2, -0.15) is 0 Å². The van der Waals surface area contributed by atoms with Crippen LogP contribution >= 0.6 is 11.8 Å². The van der Waals surface area contributed by atoms with Gasteiger partial charge < -0.3 is 4.90 Å². The third kappa shape index (κ3) is 4.97. The number of amides is 1. The zero-order valence-corrected chi connectivity index (χ0v) is 16.3. The second kappa shape index (κ2) is 9.03. The predicted octanol–water partition coefficient (Wildman–Crippen LogP) is 4.17. The van der Waals surface area contributed by atoms with Gasteiger partial charge in [0.2, 0.25) is 11.1 Å². The number of carbonyl (C=O) groups excluding carboxylic acids is 1. The maximum Gasteiger partial charge on any atom is 0.233 e. The van der Waals surface area contributed by atoms with Crippen LogP contribution in [-0.2, 0) is 4.79 Å². The number of hydrogen-bond acceptors (Lipinski definition) is 4. The molecule has 1 aliphatic carbocycles. The lowest BCUT2D eigenvalue weighted by Crippen LogP contribution is -2.39. The standard InChI is InChI=1S/C20H26N4OS/c1-15-8-6-7-9-16(15)12-13-18-21-20(23-22-18)26-14-19(25)24(2)17-10-4-3-5-11-17/h6-9,12-13,17H,3-5,10-11,14H2,1-2H3,(H,21,22,23)/b13-12+. The summed E-state index contributed by atoms with van der Waals surface area (Å²) in [4.78, 5) is 18.7. The van der Waals surface area contributed by atoms with Gasteiger partial charge in [0, 0.05) is 13.1 Å². The number of carbonyl (C=O) groups is 1. The van der Waals surface area contributed by atoms with E-state index >= 15 is 0 Å². The summed E-state index contributed by atoms with van der Waals surface area (Å²) >= 11 is 1.39. The van der Waals surface area contributed by atoms with Crippen LogP contribution in [0.15, 0.2) is 29.4 Å². The Morgan fingerprint density at radius 2 is 2.04 bits per heavy atom. The molecule has 0 saturated heterocycles. The van der Waals surface area contributed by atoms with Gasteiger partial charge in [-0.25, -0.2) is 4.98 Å². The van der Waals surface area contributed by atoms with Crippen LogP contribution in [0.25, 0.3) is 12.2 Å². The first kappa shape index (κ1) is 18.7. The molecule has 1 aliphatic rings. The molecular weight excluding hydrogens is 344 g/mol. The van der Waals surface area contributed by atoms with Crippen LogP contribution in [0.4, 0.5) is 0 Å². The first-order valence-electron chi connectivity index (χ1n) is 9.18. The van der Waals surface area contributed by atoms with Crippen molar-refractivity contribution < 1.29 is 4.79 Å². The first-order valence-corrected chi connectivity index (χ1v) is 10.2. The van der Waals surface area contributed by atoms with E-state index in [0.29, 0.717) is 22.8 Å². The number of aryl methyl sites for hydroxylation is 1. The topological polar surface area (TPSA) is 61.9 Å². The fourth-order valence-electron chi connectivity index (χ4n) is 3.24.